The number of rotatable bonds is 9. The highest BCUT2D eigenvalue weighted by Gasteiger charge is 2.50. The van der Waals surface area contributed by atoms with Crippen LogP contribution in [0, 0.1) is 0 Å². The molecular weight excluding hydrogens is 424 g/mol. The molecule has 0 fully saturated rings. The molecule has 0 saturated carbocycles. The lowest BCUT2D eigenvalue weighted by atomic mass is 9.83. The van der Waals surface area contributed by atoms with Crippen LogP contribution in [0.5, 0.6) is 0 Å². The fraction of sp³-hybridized carbons (Fsp3) is 0.250. The van der Waals surface area contributed by atoms with Gasteiger partial charge in [0.25, 0.3) is 11.8 Å². The standard InChI is InChI=1S/C28H30N4O2/c1-2-3-10-18-30-25(33)22-13-11-12-21(19-22)20-32-26(34)28(31-27(32)29,23-14-6-4-7-15-23)24-16-8-5-9-17-24/h4-9,11-17,19H,2-3,10,18,20H2,1H3,(H2,29,31)(H,30,33). The van der Waals surface area contributed by atoms with Gasteiger partial charge in [0.1, 0.15) is 0 Å². The molecule has 3 aromatic carbocycles. The number of nitrogens with one attached hydrogen (secondary N) is 1. The zero-order valence-corrected chi connectivity index (χ0v) is 19.4. The maximum atomic E-state index is 13.9. The average Bonchev–Trinajstić information content (AvgIpc) is 3.13. The normalized spacial score (nSPS) is 14.7. The Bertz CT molecular complexity index is 1140. The van der Waals surface area contributed by atoms with Crippen molar-refractivity contribution in [2.45, 2.75) is 38.3 Å². The van der Waals surface area contributed by atoms with Crippen molar-refractivity contribution < 1.29 is 9.59 Å². The summed E-state index contributed by atoms with van der Waals surface area (Å²) in [5.41, 5.74) is 8.00. The van der Waals surface area contributed by atoms with Crippen molar-refractivity contribution in [2.24, 2.45) is 10.7 Å². The Morgan fingerprint density at radius 1 is 0.941 bits per heavy atom. The Morgan fingerprint density at radius 2 is 1.59 bits per heavy atom. The van der Waals surface area contributed by atoms with Gasteiger partial charge in [-0.2, -0.15) is 0 Å². The minimum Gasteiger partial charge on any atom is -0.369 e. The predicted molar refractivity (Wildman–Crippen MR) is 134 cm³/mol. The second kappa shape index (κ2) is 10.3. The predicted octanol–water partition coefficient (Wildman–Crippen LogP) is 4.21. The van der Waals surface area contributed by atoms with E-state index in [1.807, 2.05) is 72.8 Å². The molecule has 3 N–H and O–H groups in total. The number of hydrogen-bond donors (Lipinski definition) is 2. The van der Waals surface area contributed by atoms with Gasteiger partial charge >= 0.3 is 0 Å². The van der Waals surface area contributed by atoms with Crippen LogP contribution in [0.1, 0.15) is 53.2 Å². The number of unbranched alkanes of at least 4 members (excludes halogenated alkanes) is 2. The van der Waals surface area contributed by atoms with E-state index in [1.165, 1.54) is 4.90 Å². The van der Waals surface area contributed by atoms with Crippen LogP contribution in [-0.4, -0.2) is 29.2 Å². The molecule has 0 spiro atoms. The first-order valence-corrected chi connectivity index (χ1v) is 11.7. The maximum absolute atomic E-state index is 13.9. The van der Waals surface area contributed by atoms with Crippen molar-refractivity contribution in [1.29, 1.82) is 0 Å². The molecule has 34 heavy (non-hydrogen) atoms. The van der Waals surface area contributed by atoms with Gasteiger partial charge in [0, 0.05) is 12.1 Å². The Kier molecular flexibility index (Phi) is 7.07. The van der Waals surface area contributed by atoms with Gasteiger partial charge in [-0.1, -0.05) is 92.6 Å². The van der Waals surface area contributed by atoms with Crippen molar-refractivity contribution in [3.63, 3.8) is 0 Å². The molecule has 174 valence electrons. The van der Waals surface area contributed by atoms with Crippen molar-refractivity contribution in [3.8, 4) is 0 Å². The summed E-state index contributed by atoms with van der Waals surface area (Å²) < 4.78 is 0. The number of nitrogens with two attached hydrogens (primary N) is 1. The Labute approximate surface area is 200 Å². The van der Waals surface area contributed by atoms with Gasteiger partial charge in [0.2, 0.25) is 0 Å². The third-order valence-electron chi connectivity index (χ3n) is 6.09. The summed E-state index contributed by atoms with van der Waals surface area (Å²) in [6.07, 6.45) is 3.14. The van der Waals surface area contributed by atoms with Crippen LogP contribution in [-0.2, 0) is 16.9 Å². The molecule has 1 aliphatic rings. The highest BCUT2D eigenvalue weighted by atomic mass is 16.2. The lowest BCUT2D eigenvalue weighted by Gasteiger charge is -2.27. The third kappa shape index (κ3) is 4.57. The van der Waals surface area contributed by atoms with E-state index >= 15 is 0 Å². The molecule has 0 radical (unpaired) electrons. The number of carbonyl (C=O) groups excluding carboxylic acids is 2. The van der Waals surface area contributed by atoms with E-state index in [0.29, 0.717) is 12.1 Å². The molecule has 1 heterocycles. The number of carbonyl (C=O) groups is 2. The summed E-state index contributed by atoms with van der Waals surface area (Å²) in [6, 6.07) is 26.3. The summed E-state index contributed by atoms with van der Waals surface area (Å²) in [5.74, 6) is -0.167. The largest absolute Gasteiger partial charge is 0.369 e. The highest BCUT2D eigenvalue weighted by molar-refractivity contribution is 6.09. The van der Waals surface area contributed by atoms with Crippen LogP contribution >= 0.6 is 0 Å². The van der Waals surface area contributed by atoms with Crippen molar-refractivity contribution in [2.75, 3.05) is 6.54 Å². The van der Waals surface area contributed by atoms with E-state index in [1.54, 1.807) is 12.1 Å². The van der Waals surface area contributed by atoms with Crippen LogP contribution in [0.3, 0.4) is 0 Å². The Morgan fingerprint density at radius 3 is 2.21 bits per heavy atom. The first-order valence-electron chi connectivity index (χ1n) is 11.7. The minimum atomic E-state index is -1.24. The molecule has 0 aliphatic carbocycles. The van der Waals surface area contributed by atoms with E-state index in [-0.39, 0.29) is 24.3 Å². The van der Waals surface area contributed by atoms with Crippen molar-refractivity contribution in [1.82, 2.24) is 10.2 Å². The molecular formula is C28H30N4O2. The van der Waals surface area contributed by atoms with Gasteiger partial charge in [-0.25, -0.2) is 4.99 Å². The monoisotopic (exact) mass is 454 g/mol. The molecule has 2 amide bonds. The van der Waals surface area contributed by atoms with Gasteiger partial charge in [0.05, 0.1) is 6.54 Å². The number of guanidine groups is 1. The first-order chi connectivity index (χ1) is 16.6. The molecule has 6 heteroatoms. The molecule has 3 aromatic rings. The summed E-state index contributed by atoms with van der Waals surface area (Å²) in [6.45, 7) is 3.01. The topological polar surface area (TPSA) is 87.8 Å². The van der Waals surface area contributed by atoms with Crippen LogP contribution in [0.25, 0.3) is 0 Å². The summed E-state index contributed by atoms with van der Waals surface area (Å²) in [5, 5.41) is 2.96. The Balaban J connectivity index is 1.60. The number of nitrogens with zero attached hydrogens (tertiary/aromatic N) is 2. The summed E-state index contributed by atoms with van der Waals surface area (Å²) >= 11 is 0. The van der Waals surface area contributed by atoms with E-state index in [2.05, 4.69) is 12.2 Å². The van der Waals surface area contributed by atoms with Crippen LogP contribution in [0.15, 0.2) is 89.9 Å². The number of benzene rings is 3. The lowest BCUT2D eigenvalue weighted by molar-refractivity contribution is -0.130. The highest BCUT2D eigenvalue weighted by Crippen LogP contribution is 2.39. The zero-order valence-electron chi connectivity index (χ0n) is 19.4. The molecule has 1 aliphatic heterocycles. The average molecular weight is 455 g/mol. The van der Waals surface area contributed by atoms with Gasteiger partial charge < -0.3 is 11.1 Å². The smallest absolute Gasteiger partial charge is 0.266 e. The van der Waals surface area contributed by atoms with Crippen molar-refractivity contribution >= 4 is 17.8 Å². The lowest BCUT2D eigenvalue weighted by Crippen LogP contribution is -2.43. The zero-order chi connectivity index (χ0) is 24.0. The van der Waals surface area contributed by atoms with Crippen LogP contribution in [0.4, 0.5) is 0 Å². The van der Waals surface area contributed by atoms with E-state index < -0.39 is 5.54 Å². The van der Waals surface area contributed by atoms with E-state index in [9.17, 15) is 9.59 Å². The van der Waals surface area contributed by atoms with E-state index in [0.717, 1.165) is 36.0 Å². The van der Waals surface area contributed by atoms with Gasteiger partial charge in [0.15, 0.2) is 11.5 Å². The third-order valence-corrected chi connectivity index (χ3v) is 6.09. The summed E-state index contributed by atoms with van der Waals surface area (Å²) in [7, 11) is 0. The SMILES string of the molecule is CCCCCNC(=O)c1cccc(CN2C(=O)C(c3ccccc3)(c3ccccc3)N=C2N)c1. The molecule has 0 atom stereocenters. The molecule has 6 nitrogen and oxygen atoms in total. The molecule has 0 saturated heterocycles. The van der Waals surface area contributed by atoms with E-state index in [4.69, 9.17) is 10.7 Å². The van der Waals surface area contributed by atoms with Gasteiger partial charge in [-0.05, 0) is 35.2 Å². The molecule has 0 unspecified atom stereocenters. The number of aliphatic imine (C=N–C) groups is 1. The summed E-state index contributed by atoms with van der Waals surface area (Å²) in [4.78, 5) is 32.7. The Hall–Kier alpha value is -3.93. The van der Waals surface area contributed by atoms with Crippen molar-refractivity contribution in [3.05, 3.63) is 107 Å². The van der Waals surface area contributed by atoms with Crippen LogP contribution < -0.4 is 11.1 Å². The number of hydrogen-bond acceptors (Lipinski definition) is 4. The fourth-order valence-corrected chi connectivity index (χ4v) is 4.31. The first kappa shape index (κ1) is 23.2. The minimum absolute atomic E-state index is 0.116. The fourth-order valence-electron chi connectivity index (χ4n) is 4.31. The molecule has 4 rings (SSSR count). The van der Waals surface area contributed by atoms with Gasteiger partial charge in [-0.3, -0.25) is 14.5 Å². The second-order valence-corrected chi connectivity index (χ2v) is 8.47. The quantitative estimate of drug-likeness (QED) is 0.475. The number of amides is 2. The maximum Gasteiger partial charge on any atom is 0.266 e. The second-order valence-electron chi connectivity index (χ2n) is 8.47. The molecule has 0 aromatic heterocycles. The molecule has 0 bridgehead atoms. The van der Waals surface area contributed by atoms with Gasteiger partial charge in [-0.15, -0.1) is 0 Å². The van der Waals surface area contributed by atoms with Crippen LogP contribution in [0.2, 0.25) is 0 Å².